The molecule has 0 saturated heterocycles. The normalized spacial score (nSPS) is 9.14. The zero-order chi connectivity index (χ0) is 21.0. The first-order valence-electron chi connectivity index (χ1n) is 8.11. The minimum atomic E-state index is -0.358. The third-order valence-corrected chi connectivity index (χ3v) is 4.24. The van der Waals surface area contributed by atoms with Crippen LogP contribution in [0.3, 0.4) is 0 Å². The molecule has 0 aliphatic heterocycles. The summed E-state index contributed by atoms with van der Waals surface area (Å²) in [5.41, 5.74) is 2.97. The molecule has 3 rings (SSSR count). The summed E-state index contributed by atoms with van der Waals surface area (Å²) in [6.45, 7) is 2.15. The predicted molar refractivity (Wildman–Crippen MR) is 120 cm³/mol. The van der Waals surface area contributed by atoms with Crippen LogP contribution in [0.15, 0.2) is 78.9 Å². The number of phenolic OH excluding ortho intramolecular Hbond substituents is 2. The smallest absolute Gasteiger partial charge is 0.753 e. The van der Waals surface area contributed by atoms with Crippen LogP contribution in [0.2, 0.25) is 0 Å². The van der Waals surface area contributed by atoms with Gasteiger partial charge in [0.25, 0.3) is 0 Å². The summed E-state index contributed by atoms with van der Waals surface area (Å²) in [5, 5.41) is 36.1. The Morgan fingerprint density at radius 2 is 0.931 bits per heavy atom. The maximum absolute atomic E-state index is 9.57. The second kappa shape index (κ2) is 13.6. The molecule has 0 aliphatic carbocycles. The predicted octanol–water partition coefficient (Wildman–Crippen LogP) is 5.77. The zero-order valence-corrected chi connectivity index (χ0v) is 20.4. The van der Waals surface area contributed by atoms with E-state index in [0.717, 1.165) is 16.7 Å². The Bertz CT molecular complexity index is 877. The summed E-state index contributed by atoms with van der Waals surface area (Å²) in [7, 11) is 0. The van der Waals surface area contributed by atoms with Gasteiger partial charge in [0.05, 0.1) is 0 Å². The Balaban J connectivity index is 0.00000100. The number of rotatable bonds is 3. The Morgan fingerprint density at radius 1 is 0.655 bits per heavy atom. The van der Waals surface area contributed by atoms with Crippen LogP contribution in [0.1, 0.15) is 23.6 Å². The zero-order valence-electron chi connectivity index (χ0n) is 15.8. The summed E-state index contributed by atoms with van der Waals surface area (Å²) < 4.78 is 0. The SMILES string of the molecule is CC(c1ccccc1)(c1ccc(O)cc1)c1ccc(O)cc1.[N-]=C=S.[N-]=C=S.[Zn+2]. The number of hydrogen-bond acceptors (Lipinski definition) is 4. The van der Waals surface area contributed by atoms with Gasteiger partial charge in [0.15, 0.2) is 0 Å². The first-order valence-corrected chi connectivity index (χ1v) is 8.92. The minimum Gasteiger partial charge on any atom is -0.753 e. The van der Waals surface area contributed by atoms with Gasteiger partial charge in [-0.15, -0.1) is 0 Å². The molecule has 29 heavy (non-hydrogen) atoms. The summed E-state index contributed by atoms with van der Waals surface area (Å²) in [6, 6.07) is 24.8. The van der Waals surface area contributed by atoms with E-state index in [4.69, 9.17) is 10.8 Å². The Labute approximate surface area is 194 Å². The third kappa shape index (κ3) is 7.43. The van der Waals surface area contributed by atoms with Gasteiger partial charge in [0.1, 0.15) is 11.5 Å². The van der Waals surface area contributed by atoms with Crippen LogP contribution >= 0.6 is 24.4 Å². The van der Waals surface area contributed by atoms with Crippen molar-refractivity contribution in [3.63, 3.8) is 0 Å². The van der Waals surface area contributed by atoms with Crippen molar-refractivity contribution in [2.75, 3.05) is 0 Å². The molecule has 0 heterocycles. The minimum absolute atomic E-state index is 0. The van der Waals surface area contributed by atoms with Gasteiger partial charge in [-0.05, 0) is 47.9 Å². The standard InChI is InChI=1S/C20H18O2.2CNS.Zn/c1-20(15-5-3-2-4-6-15,16-7-11-18(21)12-8-16)17-9-13-19(22)14-10-17;2*2-1-3;/h2-14,21-22H,1H3;;;/q;2*-1;+2. The van der Waals surface area contributed by atoms with E-state index < -0.39 is 0 Å². The van der Waals surface area contributed by atoms with Gasteiger partial charge >= 0.3 is 19.5 Å². The molecule has 2 N–H and O–H groups in total. The molecule has 0 atom stereocenters. The molecule has 0 bridgehead atoms. The molecule has 0 unspecified atom stereocenters. The summed E-state index contributed by atoms with van der Waals surface area (Å²) in [5.74, 6) is 0.509. The molecule has 0 amide bonds. The van der Waals surface area contributed by atoms with Crippen molar-refractivity contribution in [1.82, 2.24) is 0 Å². The Morgan fingerprint density at radius 3 is 1.24 bits per heavy atom. The van der Waals surface area contributed by atoms with Crippen molar-refractivity contribution < 1.29 is 29.7 Å². The molecule has 0 aromatic heterocycles. The monoisotopic (exact) mass is 470 g/mol. The molecule has 0 fully saturated rings. The Kier molecular flexibility index (Phi) is 12.4. The van der Waals surface area contributed by atoms with Crippen molar-refractivity contribution in [3.8, 4) is 11.5 Å². The van der Waals surface area contributed by atoms with Gasteiger partial charge in [0, 0.05) is 5.41 Å². The molecular formula is C22H18N2O2S2Zn. The van der Waals surface area contributed by atoms with Crippen LogP contribution in [0.4, 0.5) is 0 Å². The van der Waals surface area contributed by atoms with Gasteiger partial charge in [-0.1, -0.05) is 79.0 Å². The van der Waals surface area contributed by atoms with E-state index in [1.807, 2.05) is 42.5 Å². The number of aromatic hydroxyl groups is 2. The third-order valence-electron chi connectivity index (χ3n) is 4.24. The molecule has 0 spiro atoms. The first kappa shape index (κ1) is 26.5. The molecule has 7 heteroatoms. The second-order valence-corrected chi connectivity index (χ2v) is 6.13. The molecule has 4 nitrogen and oxygen atoms in total. The molecule has 142 valence electrons. The van der Waals surface area contributed by atoms with Crippen molar-refractivity contribution in [3.05, 3.63) is 106 Å². The van der Waals surface area contributed by atoms with Crippen LogP contribution in [-0.2, 0) is 24.9 Å². The number of phenols is 2. The van der Waals surface area contributed by atoms with Gasteiger partial charge in [0.2, 0.25) is 0 Å². The topological polar surface area (TPSA) is 85.1 Å². The van der Waals surface area contributed by atoms with E-state index in [-0.39, 0.29) is 36.4 Å². The summed E-state index contributed by atoms with van der Waals surface area (Å²) in [4.78, 5) is 0. The fraction of sp³-hybridized carbons (Fsp3) is 0.0909. The first-order chi connectivity index (χ1) is 13.4. The quantitative estimate of drug-likeness (QED) is 0.220. The van der Waals surface area contributed by atoms with E-state index in [2.05, 4.69) is 43.5 Å². The van der Waals surface area contributed by atoms with Gasteiger partial charge in [-0.2, -0.15) is 10.3 Å². The van der Waals surface area contributed by atoms with Gasteiger partial charge in [-0.25, -0.2) is 0 Å². The molecular weight excluding hydrogens is 454 g/mol. The second-order valence-electron chi connectivity index (χ2n) is 5.77. The molecule has 3 aromatic carbocycles. The average molecular weight is 472 g/mol. The fourth-order valence-corrected chi connectivity index (χ4v) is 2.86. The van der Waals surface area contributed by atoms with E-state index in [9.17, 15) is 10.2 Å². The summed E-state index contributed by atoms with van der Waals surface area (Å²) >= 11 is 7.40. The maximum Gasteiger partial charge on any atom is 2.00 e. The van der Waals surface area contributed by atoms with E-state index in [1.54, 1.807) is 24.3 Å². The largest absolute Gasteiger partial charge is 2.00 e. The fourth-order valence-electron chi connectivity index (χ4n) is 2.86. The molecule has 3 aromatic rings. The number of thiocarbonyl (C=S) groups is 2. The van der Waals surface area contributed by atoms with Crippen LogP contribution in [-0.4, -0.2) is 20.5 Å². The number of nitrogens with zero attached hydrogens (tertiary/aromatic N) is 2. The number of hydrogen-bond donors (Lipinski definition) is 2. The van der Waals surface area contributed by atoms with Crippen molar-refractivity contribution in [1.29, 1.82) is 0 Å². The van der Waals surface area contributed by atoms with E-state index in [0.29, 0.717) is 0 Å². The van der Waals surface area contributed by atoms with Crippen LogP contribution in [0.5, 0.6) is 11.5 Å². The Hall–Kier alpha value is -2.52. The van der Waals surface area contributed by atoms with Gasteiger partial charge < -0.3 is 21.0 Å². The van der Waals surface area contributed by atoms with E-state index >= 15 is 0 Å². The summed E-state index contributed by atoms with van der Waals surface area (Å²) in [6.07, 6.45) is 0. The number of isothiocyanates is 2. The van der Waals surface area contributed by atoms with Gasteiger partial charge in [-0.3, -0.25) is 0 Å². The molecule has 0 saturated carbocycles. The van der Waals surface area contributed by atoms with Crippen LogP contribution < -0.4 is 0 Å². The maximum atomic E-state index is 9.57. The van der Waals surface area contributed by atoms with Crippen LogP contribution in [0, 0.1) is 0 Å². The number of benzene rings is 3. The van der Waals surface area contributed by atoms with E-state index in [1.165, 1.54) is 10.3 Å². The van der Waals surface area contributed by atoms with Crippen molar-refractivity contribution in [2.24, 2.45) is 0 Å². The average Bonchev–Trinajstić information content (AvgIpc) is 2.70. The molecule has 0 radical (unpaired) electrons. The molecule has 0 aliphatic rings. The van der Waals surface area contributed by atoms with Crippen molar-refractivity contribution in [2.45, 2.75) is 12.3 Å². The van der Waals surface area contributed by atoms with Crippen LogP contribution in [0.25, 0.3) is 10.8 Å². The van der Waals surface area contributed by atoms with Crippen molar-refractivity contribution >= 4 is 34.8 Å².